The highest BCUT2D eigenvalue weighted by Gasteiger charge is 2.13. The summed E-state index contributed by atoms with van der Waals surface area (Å²) in [5.74, 6) is -0.468. The smallest absolute Gasteiger partial charge is 0.320 e. The molecule has 0 aliphatic rings. The van der Waals surface area contributed by atoms with Crippen LogP contribution in [-0.4, -0.2) is 43.0 Å². The highest BCUT2D eigenvalue weighted by atomic mass is 79.9. The Labute approximate surface area is 127 Å². The number of nitrogens with one attached hydrogen (secondary N) is 1. The molecule has 0 aliphatic carbocycles. The number of nitrogens with zero attached hydrogens (tertiary/aromatic N) is 1. The minimum atomic E-state index is -0.314. The molecule has 0 heterocycles. The summed E-state index contributed by atoms with van der Waals surface area (Å²) in [6, 6.07) is 7.32. The number of carbonyl (C=O) groups is 2. The summed E-state index contributed by atoms with van der Waals surface area (Å²) in [7, 11) is 0. The molecule has 0 saturated carbocycles. The lowest BCUT2D eigenvalue weighted by molar-refractivity contribution is -0.144. The van der Waals surface area contributed by atoms with Gasteiger partial charge in [0.05, 0.1) is 19.7 Å². The van der Waals surface area contributed by atoms with Crippen LogP contribution in [0.3, 0.4) is 0 Å². The van der Waals surface area contributed by atoms with Crippen LogP contribution < -0.4 is 5.32 Å². The maximum atomic E-state index is 11.9. The maximum absolute atomic E-state index is 11.9. The second-order valence-corrected chi connectivity index (χ2v) is 5.08. The number of halogens is 1. The monoisotopic (exact) mass is 342 g/mol. The Morgan fingerprint density at radius 3 is 2.40 bits per heavy atom. The number of rotatable bonds is 7. The molecule has 0 saturated heterocycles. The van der Waals surface area contributed by atoms with Crippen molar-refractivity contribution in [2.45, 2.75) is 13.8 Å². The molecule has 5 nitrogen and oxygen atoms in total. The maximum Gasteiger partial charge on any atom is 0.320 e. The third-order valence-corrected chi connectivity index (χ3v) is 3.13. The lowest BCUT2D eigenvalue weighted by Gasteiger charge is -2.18. The Bertz CT molecular complexity index is 448. The van der Waals surface area contributed by atoms with Gasteiger partial charge >= 0.3 is 5.97 Å². The van der Waals surface area contributed by atoms with E-state index in [4.69, 9.17) is 4.74 Å². The molecule has 0 aromatic heterocycles. The Kier molecular flexibility index (Phi) is 7.25. The van der Waals surface area contributed by atoms with E-state index < -0.39 is 0 Å². The van der Waals surface area contributed by atoms with Crippen molar-refractivity contribution in [2.24, 2.45) is 0 Å². The quantitative estimate of drug-likeness (QED) is 0.772. The molecule has 20 heavy (non-hydrogen) atoms. The van der Waals surface area contributed by atoms with E-state index in [0.29, 0.717) is 13.2 Å². The van der Waals surface area contributed by atoms with Crippen molar-refractivity contribution in [1.82, 2.24) is 4.90 Å². The average Bonchev–Trinajstić information content (AvgIpc) is 2.41. The second-order valence-electron chi connectivity index (χ2n) is 4.16. The number of likely N-dealkylation sites (N-methyl/N-ethyl adjacent to an activating group) is 1. The number of carbonyl (C=O) groups excluding carboxylic acids is 2. The van der Waals surface area contributed by atoms with Gasteiger partial charge in [-0.1, -0.05) is 22.9 Å². The Balaban J connectivity index is 2.46. The number of ether oxygens (including phenoxy) is 1. The van der Waals surface area contributed by atoms with Gasteiger partial charge < -0.3 is 10.1 Å². The normalized spacial score (nSPS) is 10.4. The first-order valence-electron chi connectivity index (χ1n) is 6.48. The zero-order valence-corrected chi connectivity index (χ0v) is 13.3. The summed E-state index contributed by atoms with van der Waals surface area (Å²) >= 11 is 3.33. The highest BCUT2D eigenvalue weighted by Crippen LogP contribution is 2.13. The molecule has 0 fully saturated rings. The molecule has 0 atom stereocenters. The highest BCUT2D eigenvalue weighted by molar-refractivity contribution is 9.10. The zero-order chi connectivity index (χ0) is 15.0. The van der Waals surface area contributed by atoms with Crippen LogP contribution in [0.4, 0.5) is 5.69 Å². The molecule has 0 radical (unpaired) electrons. The van der Waals surface area contributed by atoms with Gasteiger partial charge in [0.25, 0.3) is 0 Å². The number of benzene rings is 1. The van der Waals surface area contributed by atoms with Crippen LogP contribution in [0.15, 0.2) is 28.7 Å². The van der Waals surface area contributed by atoms with Gasteiger partial charge in [-0.25, -0.2) is 0 Å². The van der Waals surface area contributed by atoms with E-state index in [1.165, 1.54) is 0 Å². The van der Waals surface area contributed by atoms with Crippen LogP contribution in [0.2, 0.25) is 0 Å². The van der Waals surface area contributed by atoms with Crippen molar-refractivity contribution in [3.63, 3.8) is 0 Å². The van der Waals surface area contributed by atoms with Gasteiger partial charge in [0.1, 0.15) is 0 Å². The molecule has 1 N–H and O–H groups in total. The van der Waals surface area contributed by atoms with Gasteiger partial charge in [-0.2, -0.15) is 0 Å². The van der Waals surface area contributed by atoms with Crippen molar-refractivity contribution in [3.05, 3.63) is 28.7 Å². The summed E-state index contributed by atoms with van der Waals surface area (Å²) in [5.41, 5.74) is 0.727. The fraction of sp³-hybridized carbons (Fsp3) is 0.429. The molecule has 6 heteroatoms. The first-order valence-corrected chi connectivity index (χ1v) is 7.27. The van der Waals surface area contributed by atoms with E-state index in [0.717, 1.165) is 10.2 Å². The SMILES string of the molecule is CCOC(=O)CN(CC)CC(=O)Nc1ccc(Br)cc1. The Morgan fingerprint density at radius 1 is 1.20 bits per heavy atom. The summed E-state index contributed by atoms with van der Waals surface area (Å²) in [6.45, 7) is 4.89. The third kappa shape index (κ3) is 6.16. The summed E-state index contributed by atoms with van der Waals surface area (Å²) < 4.78 is 5.82. The summed E-state index contributed by atoms with van der Waals surface area (Å²) in [5, 5.41) is 2.79. The molecule has 0 aliphatic heterocycles. The Hall–Kier alpha value is -1.40. The fourth-order valence-electron chi connectivity index (χ4n) is 1.61. The number of hydrogen-bond acceptors (Lipinski definition) is 4. The first-order chi connectivity index (χ1) is 9.55. The van der Waals surface area contributed by atoms with Gasteiger partial charge in [-0.15, -0.1) is 0 Å². The van der Waals surface area contributed by atoms with Crippen LogP contribution in [0.5, 0.6) is 0 Å². The molecule has 1 aromatic rings. The molecular weight excluding hydrogens is 324 g/mol. The predicted octanol–water partition coefficient (Wildman–Crippen LogP) is 2.27. The molecular formula is C14H19BrN2O3. The van der Waals surface area contributed by atoms with E-state index >= 15 is 0 Å². The van der Waals surface area contributed by atoms with Gasteiger partial charge in [0.2, 0.25) is 5.91 Å². The standard InChI is InChI=1S/C14H19BrN2O3/c1-3-17(10-14(19)20-4-2)9-13(18)16-12-7-5-11(15)6-8-12/h5-8H,3-4,9-10H2,1-2H3,(H,16,18). The molecule has 1 aromatic carbocycles. The van der Waals surface area contributed by atoms with Crippen LogP contribution in [-0.2, 0) is 14.3 Å². The lowest BCUT2D eigenvalue weighted by atomic mass is 10.3. The number of anilines is 1. The topological polar surface area (TPSA) is 58.6 Å². The van der Waals surface area contributed by atoms with Gasteiger partial charge in [-0.3, -0.25) is 14.5 Å². The van der Waals surface area contributed by atoms with Crippen LogP contribution in [0.25, 0.3) is 0 Å². The molecule has 0 spiro atoms. The van der Waals surface area contributed by atoms with Crippen LogP contribution in [0, 0.1) is 0 Å². The molecule has 110 valence electrons. The number of esters is 1. The van der Waals surface area contributed by atoms with E-state index in [9.17, 15) is 9.59 Å². The van der Waals surface area contributed by atoms with E-state index in [2.05, 4.69) is 21.2 Å². The minimum Gasteiger partial charge on any atom is -0.465 e. The predicted molar refractivity (Wildman–Crippen MR) is 81.5 cm³/mol. The molecule has 1 rings (SSSR count). The average molecular weight is 343 g/mol. The van der Waals surface area contributed by atoms with Crippen LogP contribution in [0.1, 0.15) is 13.8 Å². The van der Waals surface area contributed by atoms with Gasteiger partial charge in [0, 0.05) is 10.2 Å². The summed E-state index contributed by atoms with van der Waals surface area (Å²) in [6.07, 6.45) is 0. The minimum absolute atomic E-state index is 0.123. The zero-order valence-electron chi connectivity index (χ0n) is 11.7. The van der Waals surface area contributed by atoms with Crippen LogP contribution >= 0.6 is 15.9 Å². The van der Waals surface area contributed by atoms with Gasteiger partial charge in [-0.05, 0) is 37.7 Å². The lowest BCUT2D eigenvalue weighted by Crippen LogP contribution is -2.37. The van der Waals surface area contributed by atoms with Crippen molar-refractivity contribution in [2.75, 3.05) is 31.6 Å². The number of hydrogen-bond donors (Lipinski definition) is 1. The molecule has 1 amide bonds. The fourth-order valence-corrected chi connectivity index (χ4v) is 1.87. The molecule has 0 bridgehead atoms. The number of amides is 1. The summed E-state index contributed by atoms with van der Waals surface area (Å²) in [4.78, 5) is 25.0. The van der Waals surface area contributed by atoms with Crippen molar-refractivity contribution in [1.29, 1.82) is 0 Å². The van der Waals surface area contributed by atoms with Gasteiger partial charge in [0.15, 0.2) is 0 Å². The Morgan fingerprint density at radius 2 is 1.85 bits per heavy atom. The van der Waals surface area contributed by atoms with Crippen molar-refractivity contribution >= 4 is 33.5 Å². The molecule has 0 unspecified atom stereocenters. The first kappa shape index (κ1) is 16.7. The van der Waals surface area contributed by atoms with E-state index in [1.54, 1.807) is 11.8 Å². The second kappa shape index (κ2) is 8.71. The van der Waals surface area contributed by atoms with E-state index in [1.807, 2.05) is 31.2 Å². The van der Waals surface area contributed by atoms with Crippen molar-refractivity contribution < 1.29 is 14.3 Å². The largest absolute Gasteiger partial charge is 0.465 e. The third-order valence-electron chi connectivity index (χ3n) is 2.60. The van der Waals surface area contributed by atoms with E-state index in [-0.39, 0.29) is 25.0 Å². The van der Waals surface area contributed by atoms with Crippen molar-refractivity contribution in [3.8, 4) is 0 Å².